The van der Waals surface area contributed by atoms with Gasteiger partial charge in [-0.05, 0) is 12.1 Å². The summed E-state index contributed by atoms with van der Waals surface area (Å²) in [6.07, 6.45) is 8.38. The topological polar surface area (TPSA) is 50.7 Å². The van der Waals surface area contributed by atoms with Crippen LogP contribution in [0.5, 0.6) is 0 Å². The number of hydrogen-bond donors (Lipinski definition) is 1. The molecule has 0 amide bonds. The Kier molecular flexibility index (Phi) is 2.14. The van der Waals surface area contributed by atoms with Crippen LogP contribution in [0.2, 0.25) is 0 Å². The van der Waals surface area contributed by atoms with E-state index in [1.807, 2.05) is 12.1 Å². The van der Waals surface area contributed by atoms with Crippen molar-refractivity contribution in [3.63, 3.8) is 0 Å². The second kappa shape index (κ2) is 3.62. The smallest absolute Gasteiger partial charge is 0.115 e. The van der Waals surface area contributed by atoms with Crippen LogP contribution in [0.1, 0.15) is 0 Å². The fourth-order valence-electron chi connectivity index (χ4n) is 0.967. The van der Waals surface area contributed by atoms with Gasteiger partial charge in [0.1, 0.15) is 6.33 Å². The lowest BCUT2D eigenvalue weighted by Crippen LogP contribution is -1.91. The molecule has 0 atom stereocenters. The van der Waals surface area contributed by atoms with Crippen LogP contribution in [-0.4, -0.2) is 15.0 Å². The SMILES string of the molecule is c1cncc(Nc2cncnc2)c1. The average molecular weight is 172 g/mol. The Hall–Kier alpha value is -1.97. The van der Waals surface area contributed by atoms with E-state index in [4.69, 9.17) is 0 Å². The van der Waals surface area contributed by atoms with Crippen molar-refractivity contribution in [2.45, 2.75) is 0 Å². The summed E-state index contributed by atoms with van der Waals surface area (Å²) in [5.41, 5.74) is 1.78. The van der Waals surface area contributed by atoms with Crippen molar-refractivity contribution >= 4 is 11.4 Å². The normalized spacial score (nSPS) is 9.54. The summed E-state index contributed by atoms with van der Waals surface area (Å²) >= 11 is 0. The van der Waals surface area contributed by atoms with Gasteiger partial charge in [-0.1, -0.05) is 0 Å². The molecule has 0 unspecified atom stereocenters. The van der Waals surface area contributed by atoms with Gasteiger partial charge >= 0.3 is 0 Å². The van der Waals surface area contributed by atoms with Crippen LogP contribution in [-0.2, 0) is 0 Å². The number of hydrogen-bond acceptors (Lipinski definition) is 4. The first-order valence-corrected chi connectivity index (χ1v) is 3.87. The lowest BCUT2D eigenvalue weighted by Gasteiger charge is -2.02. The Morgan fingerprint density at radius 1 is 0.923 bits per heavy atom. The molecule has 1 N–H and O–H groups in total. The van der Waals surface area contributed by atoms with Crippen molar-refractivity contribution in [2.24, 2.45) is 0 Å². The molecule has 64 valence electrons. The minimum atomic E-state index is 0.857. The van der Waals surface area contributed by atoms with E-state index in [1.165, 1.54) is 6.33 Å². The predicted molar refractivity (Wildman–Crippen MR) is 49.6 cm³/mol. The molecule has 0 aliphatic carbocycles. The highest BCUT2D eigenvalue weighted by Gasteiger charge is 1.92. The molecular formula is C9H8N4. The third kappa shape index (κ3) is 1.99. The maximum absolute atomic E-state index is 3.98. The van der Waals surface area contributed by atoms with Crippen LogP contribution < -0.4 is 5.32 Å². The molecule has 13 heavy (non-hydrogen) atoms. The average Bonchev–Trinajstić information content (AvgIpc) is 2.21. The first-order chi connectivity index (χ1) is 6.45. The molecule has 2 rings (SSSR count). The molecule has 0 spiro atoms. The van der Waals surface area contributed by atoms with E-state index in [2.05, 4.69) is 20.3 Å². The summed E-state index contributed by atoms with van der Waals surface area (Å²) in [7, 11) is 0. The fraction of sp³-hybridized carbons (Fsp3) is 0. The standard InChI is InChI=1S/C9H8N4/c1-2-8(4-10-3-1)13-9-5-11-7-12-6-9/h1-7,13H. The molecule has 0 saturated carbocycles. The van der Waals surface area contributed by atoms with E-state index in [9.17, 15) is 0 Å². The highest BCUT2D eigenvalue weighted by molar-refractivity contribution is 5.55. The molecule has 2 aromatic rings. The van der Waals surface area contributed by atoms with Gasteiger partial charge in [0, 0.05) is 6.20 Å². The summed E-state index contributed by atoms with van der Waals surface area (Å²) in [4.78, 5) is 11.8. The largest absolute Gasteiger partial charge is 0.352 e. The van der Waals surface area contributed by atoms with Gasteiger partial charge in [-0.25, -0.2) is 9.97 Å². The molecular weight excluding hydrogens is 164 g/mol. The van der Waals surface area contributed by atoms with Gasteiger partial charge in [0.05, 0.1) is 30.0 Å². The van der Waals surface area contributed by atoms with Gasteiger partial charge in [-0.2, -0.15) is 0 Å². The molecule has 2 aromatic heterocycles. The van der Waals surface area contributed by atoms with Crippen molar-refractivity contribution in [3.8, 4) is 0 Å². The second-order valence-corrected chi connectivity index (χ2v) is 2.49. The van der Waals surface area contributed by atoms with Crippen molar-refractivity contribution in [1.29, 1.82) is 0 Å². The summed E-state index contributed by atoms with van der Waals surface area (Å²) < 4.78 is 0. The first kappa shape index (κ1) is 7.67. The van der Waals surface area contributed by atoms with Crippen LogP contribution in [0.4, 0.5) is 11.4 Å². The molecule has 0 radical (unpaired) electrons. The van der Waals surface area contributed by atoms with Gasteiger partial charge in [0.2, 0.25) is 0 Å². The minimum absolute atomic E-state index is 0.857. The number of rotatable bonds is 2. The maximum atomic E-state index is 3.98. The van der Waals surface area contributed by atoms with Crippen LogP contribution in [0.15, 0.2) is 43.2 Å². The molecule has 4 nitrogen and oxygen atoms in total. The number of nitrogens with one attached hydrogen (secondary N) is 1. The van der Waals surface area contributed by atoms with Crippen LogP contribution in [0, 0.1) is 0 Å². The Bertz CT molecular complexity index is 322. The van der Waals surface area contributed by atoms with Gasteiger partial charge in [0.25, 0.3) is 0 Å². The third-order valence-corrected chi connectivity index (χ3v) is 1.51. The molecule has 0 aromatic carbocycles. The highest BCUT2D eigenvalue weighted by atomic mass is 14.9. The lowest BCUT2D eigenvalue weighted by atomic mass is 10.4. The van der Waals surface area contributed by atoms with E-state index in [-0.39, 0.29) is 0 Å². The summed E-state index contributed by atoms with van der Waals surface area (Å²) in [5, 5.41) is 3.12. The molecule has 0 fully saturated rings. The molecule has 0 aliphatic heterocycles. The zero-order valence-corrected chi connectivity index (χ0v) is 6.88. The quantitative estimate of drug-likeness (QED) is 0.747. The molecule has 0 aliphatic rings. The summed E-state index contributed by atoms with van der Waals surface area (Å²) in [5.74, 6) is 0. The van der Waals surface area contributed by atoms with E-state index in [0.29, 0.717) is 0 Å². The summed E-state index contributed by atoms with van der Waals surface area (Å²) in [6, 6.07) is 3.80. The predicted octanol–water partition coefficient (Wildman–Crippen LogP) is 1.62. The van der Waals surface area contributed by atoms with Crippen LogP contribution >= 0.6 is 0 Å². The van der Waals surface area contributed by atoms with Crippen LogP contribution in [0.3, 0.4) is 0 Å². The second-order valence-electron chi connectivity index (χ2n) is 2.49. The van der Waals surface area contributed by atoms with Gasteiger partial charge in [-0.3, -0.25) is 4.98 Å². The number of aromatic nitrogens is 3. The van der Waals surface area contributed by atoms with Gasteiger partial charge in [-0.15, -0.1) is 0 Å². The zero-order valence-electron chi connectivity index (χ0n) is 6.88. The molecule has 0 saturated heterocycles. The Morgan fingerprint density at radius 2 is 1.69 bits per heavy atom. The molecule has 4 heteroatoms. The molecule has 0 bridgehead atoms. The Labute approximate surface area is 75.7 Å². The zero-order chi connectivity index (χ0) is 8.93. The van der Waals surface area contributed by atoms with Crippen LogP contribution in [0.25, 0.3) is 0 Å². The monoisotopic (exact) mass is 172 g/mol. The highest BCUT2D eigenvalue weighted by Crippen LogP contribution is 2.11. The maximum Gasteiger partial charge on any atom is 0.115 e. The number of pyridine rings is 1. The Morgan fingerprint density at radius 3 is 2.38 bits per heavy atom. The van der Waals surface area contributed by atoms with Crippen molar-refractivity contribution in [3.05, 3.63) is 43.2 Å². The van der Waals surface area contributed by atoms with Crippen molar-refractivity contribution in [1.82, 2.24) is 15.0 Å². The van der Waals surface area contributed by atoms with Crippen molar-refractivity contribution in [2.75, 3.05) is 5.32 Å². The van der Waals surface area contributed by atoms with E-state index >= 15 is 0 Å². The fourth-order valence-corrected chi connectivity index (χ4v) is 0.967. The van der Waals surface area contributed by atoms with Gasteiger partial charge < -0.3 is 5.32 Å². The third-order valence-electron chi connectivity index (χ3n) is 1.51. The van der Waals surface area contributed by atoms with Gasteiger partial charge in [0.15, 0.2) is 0 Å². The van der Waals surface area contributed by atoms with E-state index < -0.39 is 0 Å². The minimum Gasteiger partial charge on any atom is -0.352 e. The first-order valence-electron chi connectivity index (χ1n) is 3.87. The summed E-state index contributed by atoms with van der Waals surface area (Å²) in [6.45, 7) is 0. The number of anilines is 2. The lowest BCUT2D eigenvalue weighted by molar-refractivity contribution is 1.17. The van der Waals surface area contributed by atoms with Crippen molar-refractivity contribution < 1.29 is 0 Å². The Balaban J connectivity index is 2.16. The van der Waals surface area contributed by atoms with E-state index in [1.54, 1.807) is 24.8 Å². The van der Waals surface area contributed by atoms with E-state index in [0.717, 1.165) is 11.4 Å². The number of nitrogens with zero attached hydrogens (tertiary/aromatic N) is 3. The molecule has 2 heterocycles.